The van der Waals surface area contributed by atoms with Gasteiger partial charge in [0.15, 0.2) is 5.78 Å². The van der Waals surface area contributed by atoms with Crippen LogP contribution in [0, 0.1) is 5.92 Å². The van der Waals surface area contributed by atoms with E-state index in [1.807, 2.05) is 16.8 Å². The lowest BCUT2D eigenvalue weighted by Gasteiger charge is -2.39. The summed E-state index contributed by atoms with van der Waals surface area (Å²) in [4.78, 5) is 53.8. The van der Waals surface area contributed by atoms with Crippen LogP contribution in [0.3, 0.4) is 0 Å². The number of rotatable bonds is 8. The Bertz CT molecular complexity index is 1060. The molecular weight excluding hydrogens is 454 g/mol. The van der Waals surface area contributed by atoms with E-state index < -0.39 is 5.54 Å². The molecule has 34 heavy (non-hydrogen) atoms. The number of hydrogen-bond donors (Lipinski definition) is 1. The molecule has 4 rings (SSSR count). The van der Waals surface area contributed by atoms with Gasteiger partial charge in [0.05, 0.1) is 13.7 Å². The molecule has 0 unspecified atom stereocenters. The van der Waals surface area contributed by atoms with Crippen molar-refractivity contribution in [1.29, 1.82) is 0 Å². The van der Waals surface area contributed by atoms with Gasteiger partial charge in [0.2, 0.25) is 5.91 Å². The Morgan fingerprint density at radius 2 is 1.82 bits per heavy atom. The van der Waals surface area contributed by atoms with Crippen molar-refractivity contribution in [1.82, 2.24) is 15.1 Å². The fourth-order valence-electron chi connectivity index (χ4n) is 4.71. The average molecular weight is 484 g/mol. The summed E-state index contributed by atoms with van der Waals surface area (Å²) in [7, 11) is 1.57. The largest absolute Gasteiger partial charge is 0.497 e. The van der Waals surface area contributed by atoms with Gasteiger partial charge in [-0.2, -0.15) is 11.3 Å². The second-order valence-electron chi connectivity index (χ2n) is 8.96. The van der Waals surface area contributed by atoms with Gasteiger partial charge >= 0.3 is 6.03 Å². The van der Waals surface area contributed by atoms with E-state index in [2.05, 4.69) is 5.32 Å². The molecule has 1 aromatic carbocycles. The number of ether oxygens (including phenoxy) is 1. The third-order valence-corrected chi connectivity index (χ3v) is 7.60. The lowest BCUT2D eigenvalue weighted by atomic mass is 9.78. The fourth-order valence-corrected chi connectivity index (χ4v) is 5.37. The van der Waals surface area contributed by atoms with E-state index in [-0.39, 0.29) is 48.9 Å². The smallest absolute Gasteiger partial charge is 0.325 e. The maximum atomic E-state index is 13.2. The van der Waals surface area contributed by atoms with Crippen LogP contribution >= 0.6 is 11.3 Å². The van der Waals surface area contributed by atoms with Crippen LogP contribution in [0.25, 0.3) is 0 Å². The molecule has 9 heteroatoms. The van der Waals surface area contributed by atoms with Crippen molar-refractivity contribution < 1.29 is 23.9 Å². The molecule has 2 aliphatic heterocycles. The van der Waals surface area contributed by atoms with Crippen molar-refractivity contribution in [3.05, 3.63) is 52.2 Å². The van der Waals surface area contributed by atoms with E-state index in [0.717, 1.165) is 5.56 Å². The number of amides is 4. The summed E-state index contributed by atoms with van der Waals surface area (Å²) in [5, 5.41) is 6.76. The highest BCUT2D eigenvalue weighted by Crippen LogP contribution is 2.34. The van der Waals surface area contributed by atoms with E-state index in [4.69, 9.17) is 4.74 Å². The predicted molar refractivity (Wildman–Crippen MR) is 128 cm³/mol. The molecule has 0 aliphatic carbocycles. The van der Waals surface area contributed by atoms with Crippen LogP contribution in [-0.4, -0.2) is 59.2 Å². The van der Waals surface area contributed by atoms with Gasteiger partial charge in [0.1, 0.15) is 11.3 Å². The number of hydrogen-bond acceptors (Lipinski definition) is 6. The first kappa shape index (κ1) is 23.9. The molecule has 1 aromatic heterocycles. The molecular formula is C25H29N3O5S. The molecule has 3 heterocycles. The minimum atomic E-state index is -0.966. The van der Waals surface area contributed by atoms with E-state index in [1.54, 1.807) is 43.2 Å². The van der Waals surface area contributed by atoms with Crippen LogP contribution in [0.1, 0.15) is 48.5 Å². The average Bonchev–Trinajstić information content (AvgIpc) is 3.45. The Kier molecular flexibility index (Phi) is 7.02. The third kappa shape index (κ3) is 4.84. The van der Waals surface area contributed by atoms with Crippen molar-refractivity contribution in [2.75, 3.05) is 20.2 Å². The monoisotopic (exact) mass is 483 g/mol. The normalized spacial score (nSPS) is 21.0. The second-order valence-corrected chi connectivity index (χ2v) is 9.74. The molecule has 1 atom stereocenters. The maximum Gasteiger partial charge on any atom is 0.325 e. The number of Topliss-reactive ketones (excluding diaryl/α,β-unsaturated/α-hetero) is 1. The Morgan fingerprint density at radius 3 is 2.44 bits per heavy atom. The van der Waals surface area contributed by atoms with Gasteiger partial charge in [-0.15, -0.1) is 0 Å². The Morgan fingerprint density at radius 1 is 1.12 bits per heavy atom. The van der Waals surface area contributed by atoms with Crippen molar-refractivity contribution in [3.8, 4) is 5.75 Å². The first-order valence-electron chi connectivity index (χ1n) is 11.4. The van der Waals surface area contributed by atoms with Gasteiger partial charge in [-0.25, -0.2) is 4.79 Å². The van der Waals surface area contributed by atoms with E-state index in [0.29, 0.717) is 37.2 Å². The lowest BCUT2D eigenvalue weighted by molar-refractivity contribution is -0.135. The number of carbonyl (C=O) groups is 4. The SMILES string of the molecule is COc1ccc(C(=O)CCC(=O)N2CCC([C@]3(C)NC(=O)N(Cc4ccsc4)C3=O)CC2)cc1. The Balaban J connectivity index is 1.28. The first-order chi connectivity index (χ1) is 16.3. The number of carbonyl (C=O) groups excluding carboxylic acids is 4. The highest BCUT2D eigenvalue weighted by atomic mass is 32.1. The molecule has 0 radical (unpaired) electrons. The zero-order valence-corrected chi connectivity index (χ0v) is 20.2. The van der Waals surface area contributed by atoms with Crippen molar-refractivity contribution in [2.24, 2.45) is 5.92 Å². The molecule has 0 saturated carbocycles. The van der Waals surface area contributed by atoms with Crippen LogP contribution in [0.4, 0.5) is 4.79 Å². The summed E-state index contributed by atoms with van der Waals surface area (Å²) < 4.78 is 5.10. The standard InChI is InChI=1S/C25H29N3O5S/c1-25(23(31)28(24(32)26-25)15-17-11-14-34-16-17)19-9-12-27(13-10-19)22(30)8-7-21(29)18-3-5-20(33-2)6-4-18/h3-6,11,14,16,19H,7-10,12-13,15H2,1-2H3,(H,26,32)/t25-/m0/s1. The molecule has 8 nitrogen and oxygen atoms in total. The molecule has 180 valence electrons. The van der Waals surface area contributed by atoms with Gasteiger partial charge in [-0.05, 0) is 72.3 Å². The zero-order chi connectivity index (χ0) is 24.3. The number of imide groups is 1. The predicted octanol–water partition coefficient (Wildman–Crippen LogP) is 3.47. The van der Waals surface area contributed by atoms with Gasteiger partial charge in [-0.1, -0.05) is 0 Å². The van der Waals surface area contributed by atoms with Crippen molar-refractivity contribution in [3.63, 3.8) is 0 Å². The van der Waals surface area contributed by atoms with Crippen LogP contribution in [0.2, 0.25) is 0 Å². The Hall–Kier alpha value is -3.20. The molecule has 0 bridgehead atoms. The number of nitrogens with zero attached hydrogens (tertiary/aromatic N) is 2. The fraction of sp³-hybridized carbons (Fsp3) is 0.440. The number of nitrogens with one attached hydrogen (secondary N) is 1. The quantitative estimate of drug-likeness (QED) is 0.458. The van der Waals surface area contributed by atoms with Crippen LogP contribution in [0.15, 0.2) is 41.1 Å². The van der Waals surface area contributed by atoms with Crippen molar-refractivity contribution >= 4 is 35.0 Å². The molecule has 0 spiro atoms. The molecule has 2 aliphatic rings. The molecule has 2 fully saturated rings. The number of thiophene rings is 1. The summed E-state index contributed by atoms with van der Waals surface area (Å²) in [6, 6.07) is 8.40. The number of urea groups is 1. The number of piperidine rings is 1. The number of methoxy groups -OCH3 is 1. The zero-order valence-electron chi connectivity index (χ0n) is 19.4. The van der Waals surface area contributed by atoms with Gasteiger partial charge in [-0.3, -0.25) is 19.3 Å². The maximum absolute atomic E-state index is 13.2. The summed E-state index contributed by atoms with van der Waals surface area (Å²) in [5.74, 6) is 0.269. The van der Waals surface area contributed by atoms with E-state index in [1.165, 1.54) is 16.2 Å². The van der Waals surface area contributed by atoms with Crippen LogP contribution in [-0.2, 0) is 16.1 Å². The van der Waals surface area contributed by atoms with Gasteiger partial charge < -0.3 is 15.0 Å². The second kappa shape index (κ2) is 9.97. The molecule has 4 amide bonds. The Labute approximate surface area is 202 Å². The van der Waals surface area contributed by atoms with Crippen LogP contribution in [0.5, 0.6) is 5.75 Å². The molecule has 2 aromatic rings. The minimum Gasteiger partial charge on any atom is -0.497 e. The highest BCUT2D eigenvalue weighted by Gasteiger charge is 2.52. The molecule has 1 N–H and O–H groups in total. The lowest BCUT2D eigenvalue weighted by Crippen LogP contribution is -2.54. The molecule has 2 saturated heterocycles. The minimum absolute atomic E-state index is 0.0543. The van der Waals surface area contributed by atoms with E-state index >= 15 is 0 Å². The summed E-state index contributed by atoms with van der Waals surface area (Å²) >= 11 is 1.53. The number of benzene rings is 1. The van der Waals surface area contributed by atoms with E-state index in [9.17, 15) is 19.2 Å². The van der Waals surface area contributed by atoms with Gasteiger partial charge in [0, 0.05) is 31.5 Å². The summed E-state index contributed by atoms with van der Waals surface area (Å²) in [5.41, 5.74) is 0.525. The van der Waals surface area contributed by atoms with Gasteiger partial charge in [0.25, 0.3) is 5.91 Å². The first-order valence-corrected chi connectivity index (χ1v) is 12.4. The highest BCUT2D eigenvalue weighted by molar-refractivity contribution is 7.07. The summed E-state index contributed by atoms with van der Waals surface area (Å²) in [6.45, 7) is 3.06. The summed E-state index contributed by atoms with van der Waals surface area (Å²) in [6.07, 6.45) is 1.53. The number of likely N-dealkylation sites (tertiary alicyclic amines) is 1. The number of ketones is 1. The third-order valence-electron chi connectivity index (χ3n) is 6.86. The topological polar surface area (TPSA) is 96.0 Å². The van der Waals surface area contributed by atoms with Crippen molar-refractivity contribution in [2.45, 2.75) is 44.7 Å². The van der Waals surface area contributed by atoms with Crippen LogP contribution < -0.4 is 10.1 Å².